The molecule has 0 radical (unpaired) electrons. The second-order valence-electron chi connectivity index (χ2n) is 8.36. The van der Waals surface area contributed by atoms with E-state index in [4.69, 9.17) is 4.74 Å². The van der Waals surface area contributed by atoms with Crippen LogP contribution in [0.2, 0.25) is 0 Å². The van der Waals surface area contributed by atoms with E-state index in [0.29, 0.717) is 36.8 Å². The van der Waals surface area contributed by atoms with Crippen molar-refractivity contribution in [3.8, 4) is 0 Å². The molecule has 1 saturated carbocycles. The predicted molar refractivity (Wildman–Crippen MR) is 99.8 cm³/mol. The first-order valence-electron chi connectivity index (χ1n) is 10.1. The summed E-state index contributed by atoms with van der Waals surface area (Å²) in [5, 5.41) is 5.88. The van der Waals surface area contributed by atoms with Crippen LogP contribution < -0.4 is 10.6 Å². The average Bonchev–Trinajstić information content (AvgIpc) is 3.05. The van der Waals surface area contributed by atoms with Crippen LogP contribution in [-0.2, 0) is 9.53 Å². The van der Waals surface area contributed by atoms with Crippen molar-refractivity contribution in [2.45, 2.75) is 45.7 Å². The topological polar surface area (TPSA) is 73.9 Å². The third kappa shape index (κ3) is 4.49. The van der Waals surface area contributed by atoms with Crippen molar-refractivity contribution >= 4 is 11.9 Å². The van der Waals surface area contributed by atoms with Gasteiger partial charge in [-0.15, -0.1) is 0 Å². The highest BCUT2D eigenvalue weighted by molar-refractivity contribution is 5.79. The molecule has 3 fully saturated rings. The number of nitrogens with one attached hydrogen (secondary N) is 2. The molecule has 7 heteroatoms. The lowest BCUT2D eigenvalue weighted by Gasteiger charge is -2.31. The van der Waals surface area contributed by atoms with Crippen molar-refractivity contribution in [2.75, 3.05) is 45.9 Å². The molecule has 148 valence electrons. The summed E-state index contributed by atoms with van der Waals surface area (Å²) in [5.74, 6) is 1.58. The maximum Gasteiger partial charge on any atom is 0.314 e. The minimum atomic E-state index is -0.107. The van der Waals surface area contributed by atoms with Crippen LogP contribution in [0.25, 0.3) is 0 Å². The van der Waals surface area contributed by atoms with Crippen LogP contribution in [0.1, 0.15) is 33.6 Å². The Hall–Kier alpha value is -1.34. The maximum absolute atomic E-state index is 12.6. The molecule has 2 aliphatic heterocycles. The molecule has 0 unspecified atom stereocenters. The fourth-order valence-corrected chi connectivity index (χ4v) is 4.83. The van der Waals surface area contributed by atoms with E-state index in [2.05, 4.69) is 27.4 Å². The van der Waals surface area contributed by atoms with Crippen LogP contribution in [0.3, 0.4) is 0 Å². The van der Waals surface area contributed by atoms with Gasteiger partial charge in [-0.05, 0) is 38.0 Å². The smallest absolute Gasteiger partial charge is 0.314 e. The zero-order valence-corrected chi connectivity index (χ0v) is 16.4. The van der Waals surface area contributed by atoms with Gasteiger partial charge in [-0.3, -0.25) is 9.69 Å². The van der Waals surface area contributed by atoms with Gasteiger partial charge in [0.25, 0.3) is 0 Å². The number of rotatable bonds is 6. The Kier molecular flexibility index (Phi) is 6.40. The molecule has 0 bridgehead atoms. The number of hydrogen-bond acceptors (Lipinski definition) is 4. The Labute approximate surface area is 156 Å². The summed E-state index contributed by atoms with van der Waals surface area (Å²) in [4.78, 5) is 29.0. The van der Waals surface area contributed by atoms with Gasteiger partial charge in [0, 0.05) is 51.2 Å². The molecular weight excluding hydrogens is 332 g/mol. The normalized spacial score (nSPS) is 32.2. The average molecular weight is 367 g/mol. The van der Waals surface area contributed by atoms with Gasteiger partial charge in [-0.2, -0.15) is 0 Å². The highest BCUT2D eigenvalue weighted by Gasteiger charge is 2.50. The number of likely N-dealkylation sites (tertiary alicyclic amines) is 1. The molecule has 0 spiro atoms. The molecule has 3 rings (SSSR count). The molecule has 1 aliphatic carbocycles. The number of hydrogen-bond donors (Lipinski definition) is 2. The van der Waals surface area contributed by atoms with Crippen molar-refractivity contribution < 1.29 is 14.3 Å². The fraction of sp³-hybridized carbons (Fsp3) is 0.895. The van der Waals surface area contributed by atoms with Crippen molar-refractivity contribution in [1.29, 1.82) is 0 Å². The minimum Gasteiger partial charge on any atom is -0.379 e. The first-order chi connectivity index (χ1) is 12.5. The second kappa shape index (κ2) is 8.57. The van der Waals surface area contributed by atoms with Crippen LogP contribution in [0.15, 0.2) is 0 Å². The van der Waals surface area contributed by atoms with E-state index >= 15 is 0 Å². The highest BCUT2D eigenvalue weighted by atomic mass is 16.5. The third-order valence-electron chi connectivity index (χ3n) is 6.20. The molecule has 2 heterocycles. The van der Waals surface area contributed by atoms with Crippen LogP contribution in [-0.4, -0.2) is 79.8 Å². The lowest BCUT2D eigenvalue weighted by Crippen LogP contribution is -2.44. The minimum absolute atomic E-state index is 0.107. The Morgan fingerprint density at radius 1 is 1.27 bits per heavy atom. The van der Waals surface area contributed by atoms with Gasteiger partial charge >= 0.3 is 6.03 Å². The summed E-state index contributed by atoms with van der Waals surface area (Å²) in [5.41, 5.74) is 0. The lowest BCUT2D eigenvalue weighted by molar-refractivity contribution is -0.129. The van der Waals surface area contributed by atoms with Gasteiger partial charge in [0.2, 0.25) is 5.91 Å². The standard InChI is InChI=1S/C19H34N4O3/c1-13(2)21-19(25)20-12-16-14(3)10-17-15(16)11-18(24)23(17)5-4-22-6-8-26-9-7-22/h13-17H,4-12H2,1-3H3,(H2,20,21,25)/t14-,15-,16+,17+/m0/s1. The molecule has 0 aromatic heterocycles. The van der Waals surface area contributed by atoms with E-state index in [1.807, 2.05) is 13.8 Å². The van der Waals surface area contributed by atoms with E-state index in [-0.39, 0.29) is 18.0 Å². The Morgan fingerprint density at radius 3 is 2.69 bits per heavy atom. The number of amides is 3. The van der Waals surface area contributed by atoms with E-state index < -0.39 is 0 Å². The molecule has 2 N–H and O–H groups in total. The summed E-state index contributed by atoms with van der Waals surface area (Å²) >= 11 is 0. The van der Waals surface area contributed by atoms with Gasteiger partial charge in [-0.25, -0.2) is 4.79 Å². The number of nitrogens with zero attached hydrogens (tertiary/aromatic N) is 2. The molecule has 4 atom stereocenters. The molecule has 7 nitrogen and oxygen atoms in total. The van der Waals surface area contributed by atoms with Crippen LogP contribution in [0.4, 0.5) is 4.79 Å². The van der Waals surface area contributed by atoms with Crippen LogP contribution >= 0.6 is 0 Å². The predicted octanol–water partition coefficient (Wildman–Crippen LogP) is 0.899. The van der Waals surface area contributed by atoms with Gasteiger partial charge in [0.05, 0.1) is 13.2 Å². The maximum atomic E-state index is 12.6. The summed E-state index contributed by atoms with van der Waals surface area (Å²) in [6.07, 6.45) is 1.69. The van der Waals surface area contributed by atoms with Gasteiger partial charge < -0.3 is 20.3 Å². The van der Waals surface area contributed by atoms with Crippen LogP contribution in [0.5, 0.6) is 0 Å². The Bertz CT molecular complexity index is 507. The van der Waals surface area contributed by atoms with Gasteiger partial charge in [0.15, 0.2) is 0 Å². The highest BCUT2D eigenvalue weighted by Crippen LogP contribution is 2.45. The molecule has 2 saturated heterocycles. The number of carbonyl (C=O) groups excluding carboxylic acids is 2. The SMILES string of the molecule is CC(C)NC(=O)NC[C@H]1[C@@H]2CC(=O)N(CCN3CCOCC3)[C@@H]2C[C@@H]1C. The van der Waals surface area contributed by atoms with Crippen molar-refractivity contribution in [3.05, 3.63) is 0 Å². The van der Waals surface area contributed by atoms with E-state index in [9.17, 15) is 9.59 Å². The molecule has 26 heavy (non-hydrogen) atoms. The first-order valence-corrected chi connectivity index (χ1v) is 10.1. The summed E-state index contributed by atoms with van der Waals surface area (Å²) in [6, 6.07) is 0.370. The number of ether oxygens (including phenoxy) is 1. The van der Waals surface area contributed by atoms with E-state index in [0.717, 1.165) is 45.8 Å². The van der Waals surface area contributed by atoms with E-state index in [1.165, 1.54) is 0 Å². The number of morpholine rings is 1. The molecule has 3 aliphatic rings. The third-order valence-corrected chi connectivity index (χ3v) is 6.20. The Morgan fingerprint density at radius 2 is 2.00 bits per heavy atom. The van der Waals surface area contributed by atoms with Crippen molar-refractivity contribution in [3.63, 3.8) is 0 Å². The lowest BCUT2D eigenvalue weighted by atomic mass is 9.88. The molecule has 3 amide bonds. The van der Waals surface area contributed by atoms with Gasteiger partial charge in [-0.1, -0.05) is 6.92 Å². The molecule has 0 aromatic rings. The van der Waals surface area contributed by atoms with E-state index in [1.54, 1.807) is 0 Å². The quantitative estimate of drug-likeness (QED) is 0.733. The van der Waals surface area contributed by atoms with Crippen molar-refractivity contribution in [1.82, 2.24) is 20.4 Å². The molecular formula is C19H34N4O3. The van der Waals surface area contributed by atoms with Crippen molar-refractivity contribution in [2.24, 2.45) is 17.8 Å². The molecule has 0 aromatic carbocycles. The monoisotopic (exact) mass is 366 g/mol. The summed E-state index contributed by atoms with van der Waals surface area (Å²) in [6.45, 7) is 12.1. The fourth-order valence-electron chi connectivity index (χ4n) is 4.83. The van der Waals surface area contributed by atoms with Gasteiger partial charge in [0.1, 0.15) is 0 Å². The number of fused-ring (bicyclic) bond motifs is 1. The number of carbonyl (C=O) groups is 2. The van der Waals surface area contributed by atoms with Crippen LogP contribution in [0, 0.1) is 17.8 Å². The summed E-state index contributed by atoms with van der Waals surface area (Å²) in [7, 11) is 0. The zero-order valence-electron chi connectivity index (χ0n) is 16.4. The first kappa shape index (κ1) is 19.4. The number of urea groups is 1. The Balaban J connectivity index is 1.52. The zero-order chi connectivity index (χ0) is 18.7. The second-order valence-corrected chi connectivity index (χ2v) is 8.36. The largest absolute Gasteiger partial charge is 0.379 e. The summed E-state index contributed by atoms with van der Waals surface area (Å²) < 4.78 is 5.40.